The van der Waals surface area contributed by atoms with E-state index in [0.29, 0.717) is 12.1 Å². The molecule has 148 valence electrons. The van der Waals surface area contributed by atoms with Crippen molar-refractivity contribution >= 4 is 49.3 Å². The predicted molar refractivity (Wildman–Crippen MR) is 123 cm³/mol. The number of aliphatic hydroxyl groups is 1. The molecule has 1 N–H and O–H groups in total. The minimum Gasteiger partial charge on any atom is -0.368 e. The molecule has 0 bridgehead atoms. The lowest BCUT2D eigenvalue weighted by atomic mass is 9.92. The standard InChI is InChI=1S/C23H20Br2N2O2/c1-2-23(29)21(16-6-4-3-5-7-16)26(19-12-8-17(24)9-13-19)22(28)27(23)20-14-10-18(25)11-15-20/h3-15,21,29H,2H2,1H3. The maximum Gasteiger partial charge on any atom is 0.332 e. The fourth-order valence-electron chi connectivity index (χ4n) is 3.90. The Hall–Kier alpha value is -2.15. The van der Waals surface area contributed by atoms with Crippen molar-refractivity contribution in [1.82, 2.24) is 0 Å². The van der Waals surface area contributed by atoms with Gasteiger partial charge in [-0.2, -0.15) is 0 Å². The fraction of sp³-hybridized carbons (Fsp3) is 0.174. The van der Waals surface area contributed by atoms with Gasteiger partial charge in [0.05, 0.1) is 0 Å². The Morgan fingerprint density at radius 1 is 0.862 bits per heavy atom. The fourth-order valence-corrected chi connectivity index (χ4v) is 4.43. The van der Waals surface area contributed by atoms with Gasteiger partial charge >= 0.3 is 6.03 Å². The van der Waals surface area contributed by atoms with Gasteiger partial charge in [0.2, 0.25) is 0 Å². The Balaban J connectivity index is 1.91. The SMILES string of the molecule is CCC1(O)C(c2ccccc2)N(c2ccc(Br)cc2)C(=O)N1c1ccc(Br)cc1. The van der Waals surface area contributed by atoms with Crippen molar-refractivity contribution < 1.29 is 9.90 Å². The number of nitrogens with zero attached hydrogens (tertiary/aromatic N) is 2. The van der Waals surface area contributed by atoms with E-state index in [4.69, 9.17) is 0 Å². The van der Waals surface area contributed by atoms with Crippen LogP contribution in [0, 0.1) is 0 Å². The summed E-state index contributed by atoms with van der Waals surface area (Å²) in [5.74, 6) is 0. The van der Waals surface area contributed by atoms with E-state index in [1.807, 2.05) is 85.8 Å². The van der Waals surface area contributed by atoms with Gasteiger partial charge in [-0.15, -0.1) is 0 Å². The summed E-state index contributed by atoms with van der Waals surface area (Å²) in [5.41, 5.74) is 0.869. The first kappa shape index (κ1) is 20.1. The summed E-state index contributed by atoms with van der Waals surface area (Å²) in [6.07, 6.45) is 0.376. The molecule has 1 aliphatic rings. The van der Waals surface area contributed by atoms with E-state index in [-0.39, 0.29) is 6.03 Å². The summed E-state index contributed by atoms with van der Waals surface area (Å²) >= 11 is 6.89. The number of anilines is 2. The molecule has 1 aliphatic heterocycles. The number of hydrogen-bond donors (Lipinski definition) is 1. The minimum atomic E-state index is -1.40. The third-order valence-electron chi connectivity index (χ3n) is 5.31. The molecule has 4 rings (SSSR count). The third kappa shape index (κ3) is 3.50. The highest BCUT2D eigenvalue weighted by molar-refractivity contribution is 9.10. The molecule has 0 radical (unpaired) electrons. The van der Waals surface area contributed by atoms with E-state index < -0.39 is 11.8 Å². The first-order valence-corrected chi connectivity index (χ1v) is 11.0. The number of carbonyl (C=O) groups excluding carboxylic acids is 1. The first-order chi connectivity index (χ1) is 14.0. The van der Waals surface area contributed by atoms with Crippen molar-refractivity contribution in [3.63, 3.8) is 0 Å². The van der Waals surface area contributed by atoms with Gasteiger partial charge < -0.3 is 5.11 Å². The Bertz CT molecular complexity index is 1010. The predicted octanol–water partition coefficient (Wildman–Crippen LogP) is 6.50. The van der Waals surface area contributed by atoms with E-state index in [1.165, 1.54) is 4.90 Å². The van der Waals surface area contributed by atoms with Crippen LogP contribution in [0.3, 0.4) is 0 Å². The van der Waals surface area contributed by atoms with Crippen molar-refractivity contribution in [3.05, 3.63) is 93.4 Å². The highest BCUT2D eigenvalue weighted by Crippen LogP contribution is 2.48. The van der Waals surface area contributed by atoms with E-state index in [0.717, 1.165) is 20.2 Å². The molecule has 6 heteroatoms. The molecular weight excluding hydrogens is 496 g/mol. The Morgan fingerprint density at radius 3 is 1.90 bits per heavy atom. The quantitative estimate of drug-likeness (QED) is 0.431. The molecule has 2 atom stereocenters. The molecule has 3 aromatic rings. The zero-order chi connectivity index (χ0) is 20.6. The highest BCUT2D eigenvalue weighted by atomic mass is 79.9. The molecule has 3 aromatic carbocycles. The van der Waals surface area contributed by atoms with Crippen LogP contribution in [0.2, 0.25) is 0 Å². The molecule has 1 fully saturated rings. The van der Waals surface area contributed by atoms with Crippen LogP contribution in [0.5, 0.6) is 0 Å². The number of carbonyl (C=O) groups is 1. The van der Waals surface area contributed by atoms with Crippen molar-refractivity contribution in [2.24, 2.45) is 0 Å². The lowest BCUT2D eigenvalue weighted by molar-refractivity contribution is 0.0312. The number of rotatable bonds is 4. The smallest absolute Gasteiger partial charge is 0.332 e. The Kier molecular flexibility index (Phi) is 5.51. The van der Waals surface area contributed by atoms with Crippen molar-refractivity contribution in [2.75, 3.05) is 9.80 Å². The van der Waals surface area contributed by atoms with Gasteiger partial charge in [-0.3, -0.25) is 9.80 Å². The van der Waals surface area contributed by atoms with Crippen molar-refractivity contribution in [3.8, 4) is 0 Å². The zero-order valence-corrected chi connectivity index (χ0v) is 19.0. The average molecular weight is 516 g/mol. The molecule has 0 spiro atoms. The molecule has 4 nitrogen and oxygen atoms in total. The summed E-state index contributed by atoms with van der Waals surface area (Å²) < 4.78 is 1.84. The van der Waals surface area contributed by atoms with E-state index >= 15 is 0 Å². The normalized spacial score (nSPS) is 21.7. The topological polar surface area (TPSA) is 43.8 Å². The molecule has 0 aromatic heterocycles. The maximum absolute atomic E-state index is 13.7. The van der Waals surface area contributed by atoms with Gasteiger partial charge in [0.25, 0.3) is 0 Å². The van der Waals surface area contributed by atoms with E-state index in [1.54, 1.807) is 4.90 Å². The molecule has 1 heterocycles. The van der Waals surface area contributed by atoms with Gasteiger partial charge in [0.15, 0.2) is 5.72 Å². The van der Waals surface area contributed by atoms with Crippen molar-refractivity contribution in [1.29, 1.82) is 0 Å². The summed E-state index contributed by atoms with van der Waals surface area (Å²) in [4.78, 5) is 16.9. The number of amides is 2. The second-order valence-corrected chi connectivity index (χ2v) is 8.82. The van der Waals surface area contributed by atoms with Crippen molar-refractivity contribution in [2.45, 2.75) is 25.1 Å². The minimum absolute atomic E-state index is 0.257. The summed E-state index contributed by atoms with van der Waals surface area (Å²) in [6, 6.07) is 23.9. The van der Waals surface area contributed by atoms with Crippen LogP contribution >= 0.6 is 31.9 Å². The lowest BCUT2D eigenvalue weighted by Gasteiger charge is -2.36. The summed E-state index contributed by atoms with van der Waals surface area (Å²) in [6.45, 7) is 1.90. The number of urea groups is 1. The Morgan fingerprint density at radius 2 is 1.38 bits per heavy atom. The summed E-state index contributed by atoms with van der Waals surface area (Å²) in [7, 11) is 0. The maximum atomic E-state index is 13.7. The largest absolute Gasteiger partial charge is 0.368 e. The van der Waals surface area contributed by atoms with Crippen LogP contribution in [0.4, 0.5) is 16.2 Å². The van der Waals surface area contributed by atoms with Crippen LogP contribution in [0.15, 0.2) is 87.8 Å². The van der Waals surface area contributed by atoms with Crippen LogP contribution in [0.1, 0.15) is 24.9 Å². The highest BCUT2D eigenvalue weighted by Gasteiger charge is 2.57. The van der Waals surface area contributed by atoms with Crippen LogP contribution in [-0.2, 0) is 0 Å². The van der Waals surface area contributed by atoms with Gasteiger partial charge in [-0.1, -0.05) is 69.1 Å². The summed E-state index contributed by atoms with van der Waals surface area (Å²) in [5, 5.41) is 11.9. The average Bonchev–Trinajstić information content (AvgIpc) is 2.97. The second kappa shape index (κ2) is 7.94. The Labute approximate surface area is 187 Å². The van der Waals surface area contributed by atoms with Gasteiger partial charge in [-0.25, -0.2) is 4.79 Å². The molecule has 1 saturated heterocycles. The third-order valence-corrected chi connectivity index (χ3v) is 6.36. The van der Waals surface area contributed by atoms with Gasteiger partial charge in [0, 0.05) is 20.3 Å². The van der Waals surface area contributed by atoms with Crippen LogP contribution in [-0.4, -0.2) is 16.9 Å². The lowest BCUT2D eigenvalue weighted by Crippen LogP contribution is -2.48. The number of hydrogen-bond acceptors (Lipinski definition) is 2. The molecule has 2 unspecified atom stereocenters. The van der Waals surface area contributed by atoms with Gasteiger partial charge in [0.1, 0.15) is 6.04 Å². The van der Waals surface area contributed by atoms with E-state index in [2.05, 4.69) is 31.9 Å². The van der Waals surface area contributed by atoms with Gasteiger partial charge in [-0.05, 0) is 60.5 Å². The zero-order valence-electron chi connectivity index (χ0n) is 15.8. The van der Waals surface area contributed by atoms with E-state index in [9.17, 15) is 9.90 Å². The monoisotopic (exact) mass is 514 g/mol. The molecule has 29 heavy (non-hydrogen) atoms. The van der Waals surface area contributed by atoms with Crippen LogP contribution < -0.4 is 9.80 Å². The molecule has 2 amide bonds. The molecular formula is C23H20Br2N2O2. The second-order valence-electron chi connectivity index (χ2n) is 6.99. The molecule has 0 saturated carbocycles. The molecule has 0 aliphatic carbocycles. The first-order valence-electron chi connectivity index (χ1n) is 9.37. The van der Waals surface area contributed by atoms with Crippen LogP contribution in [0.25, 0.3) is 0 Å². The number of halogens is 2. The number of benzene rings is 3.